The lowest BCUT2D eigenvalue weighted by Gasteiger charge is -2.19. The second-order valence-corrected chi connectivity index (χ2v) is 5.63. The van der Waals surface area contributed by atoms with Gasteiger partial charge in [-0.05, 0) is 22.6 Å². The van der Waals surface area contributed by atoms with E-state index in [1.165, 1.54) is 11.1 Å². The molecule has 2 rings (SSSR count). The molecule has 0 aliphatic carbocycles. The zero-order chi connectivity index (χ0) is 13.2. The summed E-state index contributed by atoms with van der Waals surface area (Å²) in [7, 11) is 0. The summed E-state index contributed by atoms with van der Waals surface area (Å²) in [6, 6.07) is 10.7. The molecule has 1 heterocycles. The van der Waals surface area contributed by atoms with Gasteiger partial charge in [-0.25, -0.2) is 0 Å². The maximum Gasteiger partial charge on any atom is 0.0663 e. The number of aromatic nitrogens is 2. The third-order valence-corrected chi connectivity index (χ3v) is 3.17. The normalized spacial score (nSPS) is 11.8. The smallest absolute Gasteiger partial charge is 0.0663 e. The molecule has 1 aromatic heterocycles. The molecule has 0 saturated heterocycles. The van der Waals surface area contributed by atoms with Crippen molar-refractivity contribution in [3.8, 4) is 0 Å². The van der Waals surface area contributed by atoms with E-state index in [-0.39, 0.29) is 5.41 Å². The molecule has 2 N–H and O–H groups in total. The van der Waals surface area contributed by atoms with E-state index in [9.17, 15) is 0 Å². The third kappa shape index (κ3) is 2.79. The van der Waals surface area contributed by atoms with E-state index in [0.717, 1.165) is 12.2 Å². The van der Waals surface area contributed by atoms with Crippen LogP contribution in [0.3, 0.4) is 0 Å². The fourth-order valence-electron chi connectivity index (χ4n) is 1.96. The number of rotatable bonds is 3. The van der Waals surface area contributed by atoms with Crippen LogP contribution in [0.1, 0.15) is 37.6 Å². The van der Waals surface area contributed by atoms with E-state index in [2.05, 4.69) is 50.1 Å². The molecule has 2 aromatic rings. The van der Waals surface area contributed by atoms with Crippen LogP contribution in [0.25, 0.3) is 0 Å². The largest absolute Gasteiger partial charge is 0.325 e. The van der Waals surface area contributed by atoms with Crippen LogP contribution in [0.2, 0.25) is 0 Å². The summed E-state index contributed by atoms with van der Waals surface area (Å²) < 4.78 is 1.95. The highest BCUT2D eigenvalue weighted by Crippen LogP contribution is 2.22. The van der Waals surface area contributed by atoms with Crippen LogP contribution in [0.4, 0.5) is 0 Å². The number of benzene rings is 1. The lowest BCUT2D eigenvalue weighted by atomic mass is 9.87. The van der Waals surface area contributed by atoms with Crippen molar-refractivity contribution in [2.24, 2.45) is 5.73 Å². The van der Waals surface area contributed by atoms with Gasteiger partial charge in [-0.3, -0.25) is 4.68 Å². The average Bonchev–Trinajstić information content (AvgIpc) is 2.76. The van der Waals surface area contributed by atoms with Crippen LogP contribution in [0.5, 0.6) is 0 Å². The topological polar surface area (TPSA) is 43.8 Å². The molecule has 0 bridgehead atoms. The molecule has 0 atom stereocenters. The first-order valence-electron chi connectivity index (χ1n) is 6.31. The second kappa shape index (κ2) is 4.94. The molecule has 0 aliphatic heterocycles. The summed E-state index contributed by atoms with van der Waals surface area (Å²) in [5, 5.41) is 4.29. The lowest BCUT2D eigenvalue weighted by molar-refractivity contribution is 0.589. The van der Waals surface area contributed by atoms with Crippen LogP contribution >= 0.6 is 0 Å². The van der Waals surface area contributed by atoms with Crippen molar-refractivity contribution in [3.05, 3.63) is 53.3 Å². The van der Waals surface area contributed by atoms with E-state index >= 15 is 0 Å². The molecule has 1 aromatic carbocycles. The van der Waals surface area contributed by atoms with Gasteiger partial charge in [0, 0.05) is 12.7 Å². The van der Waals surface area contributed by atoms with E-state index in [1.54, 1.807) is 6.20 Å². The van der Waals surface area contributed by atoms with Gasteiger partial charge in [0.1, 0.15) is 0 Å². The number of nitrogens with zero attached hydrogens (tertiary/aromatic N) is 2. The van der Waals surface area contributed by atoms with Gasteiger partial charge in [0.05, 0.1) is 12.2 Å². The van der Waals surface area contributed by atoms with Gasteiger partial charge in [-0.1, -0.05) is 45.0 Å². The number of nitrogens with two attached hydrogens (primary N) is 1. The van der Waals surface area contributed by atoms with Crippen LogP contribution < -0.4 is 5.73 Å². The van der Waals surface area contributed by atoms with Gasteiger partial charge in [-0.2, -0.15) is 5.10 Å². The molecule has 0 fully saturated rings. The molecule has 0 radical (unpaired) electrons. The molecular weight excluding hydrogens is 222 g/mol. The summed E-state index contributed by atoms with van der Waals surface area (Å²) in [6.45, 7) is 7.98. The lowest BCUT2D eigenvalue weighted by Crippen LogP contribution is -2.12. The molecule has 0 amide bonds. The molecule has 96 valence electrons. The third-order valence-electron chi connectivity index (χ3n) is 3.17. The number of hydrogen-bond acceptors (Lipinski definition) is 2. The van der Waals surface area contributed by atoms with E-state index in [4.69, 9.17) is 5.73 Å². The Morgan fingerprint density at radius 3 is 2.33 bits per heavy atom. The Morgan fingerprint density at radius 2 is 1.78 bits per heavy atom. The molecule has 0 aliphatic rings. The van der Waals surface area contributed by atoms with Crippen LogP contribution in [-0.4, -0.2) is 9.78 Å². The van der Waals surface area contributed by atoms with Crippen molar-refractivity contribution in [2.45, 2.75) is 39.3 Å². The Balaban J connectivity index is 2.16. The van der Waals surface area contributed by atoms with Crippen molar-refractivity contribution in [2.75, 3.05) is 0 Å². The molecular formula is C15H21N3. The highest BCUT2D eigenvalue weighted by atomic mass is 15.3. The van der Waals surface area contributed by atoms with Crippen LogP contribution in [-0.2, 0) is 18.5 Å². The van der Waals surface area contributed by atoms with E-state index in [0.29, 0.717) is 6.54 Å². The number of hydrogen-bond donors (Lipinski definition) is 1. The summed E-state index contributed by atoms with van der Waals surface area (Å²) in [5.41, 5.74) is 9.54. The second-order valence-electron chi connectivity index (χ2n) is 5.63. The first-order valence-corrected chi connectivity index (χ1v) is 6.31. The summed E-state index contributed by atoms with van der Waals surface area (Å²) >= 11 is 0. The Bertz CT molecular complexity index is 503. The van der Waals surface area contributed by atoms with Gasteiger partial charge in [0.25, 0.3) is 0 Å². The maximum absolute atomic E-state index is 5.67. The van der Waals surface area contributed by atoms with Crippen LogP contribution in [0.15, 0.2) is 36.5 Å². The fraction of sp³-hybridized carbons (Fsp3) is 0.400. The minimum Gasteiger partial charge on any atom is -0.325 e. The van der Waals surface area contributed by atoms with Gasteiger partial charge >= 0.3 is 0 Å². The highest BCUT2D eigenvalue weighted by Gasteiger charge is 2.12. The van der Waals surface area contributed by atoms with Crippen molar-refractivity contribution in [1.29, 1.82) is 0 Å². The van der Waals surface area contributed by atoms with Crippen molar-refractivity contribution >= 4 is 0 Å². The SMILES string of the molecule is CC(C)(C)c1ccc(Cn2nccc2CN)cc1. The Kier molecular flexibility index (Phi) is 3.53. The van der Waals surface area contributed by atoms with Gasteiger partial charge < -0.3 is 5.73 Å². The Labute approximate surface area is 109 Å². The monoisotopic (exact) mass is 243 g/mol. The van der Waals surface area contributed by atoms with Crippen LogP contribution in [0, 0.1) is 0 Å². The van der Waals surface area contributed by atoms with Crippen molar-refractivity contribution < 1.29 is 0 Å². The predicted molar refractivity (Wildman–Crippen MR) is 74.4 cm³/mol. The first kappa shape index (κ1) is 12.8. The standard InChI is InChI=1S/C15H21N3/c1-15(2,3)13-6-4-12(5-7-13)11-18-14(10-16)8-9-17-18/h4-9H,10-11,16H2,1-3H3. The molecule has 0 unspecified atom stereocenters. The fourth-order valence-corrected chi connectivity index (χ4v) is 1.96. The van der Waals surface area contributed by atoms with Gasteiger partial charge in [0.15, 0.2) is 0 Å². The molecule has 3 heteroatoms. The Morgan fingerprint density at radius 1 is 1.11 bits per heavy atom. The molecule has 3 nitrogen and oxygen atoms in total. The molecule has 18 heavy (non-hydrogen) atoms. The van der Waals surface area contributed by atoms with Crippen molar-refractivity contribution in [3.63, 3.8) is 0 Å². The minimum absolute atomic E-state index is 0.201. The zero-order valence-electron chi connectivity index (χ0n) is 11.4. The predicted octanol–water partition coefficient (Wildman–Crippen LogP) is 2.69. The van der Waals surface area contributed by atoms with Gasteiger partial charge in [-0.15, -0.1) is 0 Å². The first-order chi connectivity index (χ1) is 8.50. The summed E-state index contributed by atoms with van der Waals surface area (Å²) in [5.74, 6) is 0. The summed E-state index contributed by atoms with van der Waals surface area (Å²) in [4.78, 5) is 0. The highest BCUT2D eigenvalue weighted by molar-refractivity contribution is 5.27. The molecule has 0 spiro atoms. The maximum atomic E-state index is 5.67. The quantitative estimate of drug-likeness (QED) is 0.900. The average molecular weight is 243 g/mol. The van der Waals surface area contributed by atoms with E-state index < -0.39 is 0 Å². The molecule has 0 saturated carbocycles. The summed E-state index contributed by atoms with van der Waals surface area (Å²) in [6.07, 6.45) is 1.80. The minimum atomic E-state index is 0.201. The zero-order valence-corrected chi connectivity index (χ0v) is 11.4. The van der Waals surface area contributed by atoms with Gasteiger partial charge in [0.2, 0.25) is 0 Å². The Hall–Kier alpha value is -1.61. The van der Waals surface area contributed by atoms with Crippen molar-refractivity contribution in [1.82, 2.24) is 9.78 Å². The van der Waals surface area contributed by atoms with E-state index in [1.807, 2.05) is 10.7 Å².